The number of likely N-dealkylation sites (tertiary alicyclic amines) is 1. The Bertz CT molecular complexity index is 353. The summed E-state index contributed by atoms with van der Waals surface area (Å²) in [6, 6.07) is -0.917. The molecule has 1 atom stereocenters. The summed E-state index contributed by atoms with van der Waals surface area (Å²) in [7, 11) is 0. The van der Waals surface area contributed by atoms with E-state index in [1.165, 1.54) is 4.90 Å². The molecule has 0 radical (unpaired) electrons. The fraction of sp³-hybridized carbons (Fsp3) is 0.846. The van der Waals surface area contributed by atoms with Crippen LogP contribution in [0.25, 0.3) is 0 Å². The van der Waals surface area contributed by atoms with Gasteiger partial charge in [0.2, 0.25) is 0 Å². The SMILES string of the molecule is CC1(CNC(=O)N2CCCC2C(=O)O)CCOCC1. The van der Waals surface area contributed by atoms with Crippen LogP contribution in [0.3, 0.4) is 0 Å². The van der Waals surface area contributed by atoms with E-state index >= 15 is 0 Å². The summed E-state index contributed by atoms with van der Waals surface area (Å²) in [6.45, 7) is 4.71. The summed E-state index contributed by atoms with van der Waals surface area (Å²) in [4.78, 5) is 24.5. The second-order valence-corrected chi connectivity index (χ2v) is 5.77. The molecule has 2 aliphatic heterocycles. The minimum Gasteiger partial charge on any atom is -0.480 e. The van der Waals surface area contributed by atoms with Crippen LogP contribution in [0.4, 0.5) is 4.79 Å². The average Bonchev–Trinajstić information content (AvgIpc) is 2.86. The molecule has 2 heterocycles. The number of carbonyl (C=O) groups is 2. The molecule has 0 aromatic rings. The van der Waals surface area contributed by atoms with Crippen LogP contribution in [0.5, 0.6) is 0 Å². The lowest BCUT2D eigenvalue weighted by Gasteiger charge is -2.34. The highest BCUT2D eigenvalue weighted by atomic mass is 16.5. The number of carboxylic acids is 1. The van der Waals surface area contributed by atoms with Gasteiger partial charge < -0.3 is 20.1 Å². The highest BCUT2D eigenvalue weighted by Crippen LogP contribution is 2.28. The number of urea groups is 1. The third-order valence-corrected chi connectivity index (χ3v) is 4.17. The van der Waals surface area contributed by atoms with Gasteiger partial charge in [-0.2, -0.15) is 0 Å². The topological polar surface area (TPSA) is 78.9 Å². The Hall–Kier alpha value is -1.30. The van der Waals surface area contributed by atoms with Crippen molar-refractivity contribution in [1.82, 2.24) is 10.2 Å². The van der Waals surface area contributed by atoms with Gasteiger partial charge in [-0.25, -0.2) is 9.59 Å². The van der Waals surface area contributed by atoms with Crippen molar-refractivity contribution in [3.05, 3.63) is 0 Å². The van der Waals surface area contributed by atoms with Crippen molar-refractivity contribution >= 4 is 12.0 Å². The zero-order valence-corrected chi connectivity index (χ0v) is 11.4. The maximum atomic E-state index is 12.1. The summed E-state index contributed by atoms with van der Waals surface area (Å²) >= 11 is 0. The van der Waals surface area contributed by atoms with Gasteiger partial charge in [0.15, 0.2) is 0 Å². The Balaban J connectivity index is 1.85. The number of amides is 2. The monoisotopic (exact) mass is 270 g/mol. The quantitative estimate of drug-likeness (QED) is 0.803. The first-order valence-electron chi connectivity index (χ1n) is 6.87. The largest absolute Gasteiger partial charge is 0.480 e. The number of hydrogen-bond acceptors (Lipinski definition) is 3. The van der Waals surface area contributed by atoms with E-state index in [0.717, 1.165) is 32.5 Å². The summed E-state index contributed by atoms with van der Waals surface area (Å²) in [5.74, 6) is -0.912. The van der Waals surface area contributed by atoms with Gasteiger partial charge in [-0.1, -0.05) is 6.92 Å². The molecule has 0 aromatic carbocycles. The van der Waals surface area contributed by atoms with E-state index in [9.17, 15) is 9.59 Å². The average molecular weight is 270 g/mol. The molecule has 2 aliphatic rings. The van der Waals surface area contributed by atoms with Crippen LogP contribution in [0.2, 0.25) is 0 Å². The minimum absolute atomic E-state index is 0.0619. The highest BCUT2D eigenvalue weighted by molar-refractivity contribution is 5.83. The summed E-state index contributed by atoms with van der Waals surface area (Å²) in [5.41, 5.74) is 0.0619. The highest BCUT2D eigenvalue weighted by Gasteiger charge is 2.35. The third-order valence-electron chi connectivity index (χ3n) is 4.17. The Morgan fingerprint density at radius 2 is 2.11 bits per heavy atom. The van der Waals surface area contributed by atoms with Crippen LogP contribution in [-0.4, -0.2) is 54.4 Å². The van der Waals surface area contributed by atoms with Gasteiger partial charge in [-0.15, -0.1) is 0 Å². The predicted molar refractivity (Wildman–Crippen MR) is 68.9 cm³/mol. The molecule has 2 amide bonds. The molecule has 0 bridgehead atoms. The van der Waals surface area contributed by atoms with E-state index in [4.69, 9.17) is 9.84 Å². The maximum absolute atomic E-state index is 12.1. The zero-order valence-electron chi connectivity index (χ0n) is 11.4. The fourth-order valence-corrected chi connectivity index (χ4v) is 2.70. The summed E-state index contributed by atoms with van der Waals surface area (Å²) < 4.78 is 5.32. The number of carbonyl (C=O) groups excluding carboxylic acids is 1. The van der Waals surface area contributed by atoms with Crippen LogP contribution >= 0.6 is 0 Å². The molecule has 2 fully saturated rings. The van der Waals surface area contributed by atoms with Crippen molar-refractivity contribution in [2.24, 2.45) is 5.41 Å². The molecular weight excluding hydrogens is 248 g/mol. The van der Waals surface area contributed by atoms with Gasteiger partial charge in [0.25, 0.3) is 0 Å². The molecule has 108 valence electrons. The smallest absolute Gasteiger partial charge is 0.326 e. The van der Waals surface area contributed by atoms with Crippen molar-refractivity contribution in [3.63, 3.8) is 0 Å². The van der Waals surface area contributed by atoms with E-state index in [1.54, 1.807) is 0 Å². The number of hydrogen-bond donors (Lipinski definition) is 2. The summed E-state index contributed by atoms with van der Waals surface area (Å²) in [6.07, 6.45) is 3.16. The minimum atomic E-state index is -0.912. The lowest BCUT2D eigenvalue weighted by atomic mass is 9.82. The Morgan fingerprint density at radius 3 is 2.74 bits per heavy atom. The van der Waals surface area contributed by atoms with Crippen LogP contribution in [-0.2, 0) is 9.53 Å². The van der Waals surface area contributed by atoms with Gasteiger partial charge in [0.05, 0.1) is 0 Å². The molecule has 19 heavy (non-hydrogen) atoms. The first-order valence-corrected chi connectivity index (χ1v) is 6.87. The van der Waals surface area contributed by atoms with Crippen LogP contribution in [0.1, 0.15) is 32.6 Å². The molecule has 0 aromatic heterocycles. The van der Waals surface area contributed by atoms with Gasteiger partial charge in [-0.3, -0.25) is 0 Å². The summed E-state index contributed by atoms with van der Waals surface area (Å²) in [5, 5.41) is 11.9. The van der Waals surface area contributed by atoms with Crippen LogP contribution < -0.4 is 5.32 Å². The van der Waals surface area contributed by atoms with E-state index in [-0.39, 0.29) is 11.4 Å². The standard InChI is InChI=1S/C13H22N2O4/c1-13(4-7-19-8-5-13)9-14-12(18)15-6-2-3-10(15)11(16)17/h10H,2-9H2,1H3,(H,14,18)(H,16,17). The first-order chi connectivity index (χ1) is 9.02. The van der Waals surface area contributed by atoms with E-state index in [1.807, 2.05) is 0 Å². The Morgan fingerprint density at radius 1 is 1.42 bits per heavy atom. The lowest BCUT2D eigenvalue weighted by Crippen LogP contribution is -2.49. The number of aliphatic carboxylic acids is 1. The number of carboxylic acid groups (broad SMARTS) is 1. The van der Waals surface area contributed by atoms with Gasteiger partial charge >= 0.3 is 12.0 Å². The van der Waals surface area contributed by atoms with Crippen molar-refractivity contribution in [2.75, 3.05) is 26.3 Å². The number of ether oxygens (including phenoxy) is 1. The molecule has 2 N–H and O–H groups in total. The second-order valence-electron chi connectivity index (χ2n) is 5.77. The zero-order chi connectivity index (χ0) is 13.9. The number of nitrogens with one attached hydrogen (secondary N) is 1. The van der Waals surface area contributed by atoms with Crippen LogP contribution in [0.15, 0.2) is 0 Å². The first kappa shape index (κ1) is 14.1. The van der Waals surface area contributed by atoms with Crippen LogP contribution in [0, 0.1) is 5.41 Å². The normalized spacial score (nSPS) is 26.2. The molecule has 2 saturated heterocycles. The second kappa shape index (κ2) is 5.77. The molecule has 1 unspecified atom stereocenters. The van der Waals surface area contributed by atoms with Crippen molar-refractivity contribution in [1.29, 1.82) is 0 Å². The molecule has 6 nitrogen and oxygen atoms in total. The fourth-order valence-electron chi connectivity index (χ4n) is 2.70. The molecule has 0 aliphatic carbocycles. The molecule has 6 heteroatoms. The number of rotatable bonds is 3. The molecular formula is C13H22N2O4. The maximum Gasteiger partial charge on any atom is 0.326 e. The van der Waals surface area contributed by atoms with E-state index in [2.05, 4.69) is 12.2 Å². The number of nitrogens with zero attached hydrogens (tertiary/aromatic N) is 1. The predicted octanol–water partition coefficient (Wildman–Crippen LogP) is 1.06. The lowest BCUT2D eigenvalue weighted by molar-refractivity contribution is -0.141. The van der Waals surface area contributed by atoms with Gasteiger partial charge in [0.1, 0.15) is 6.04 Å². The Labute approximate surface area is 113 Å². The van der Waals surface area contributed by atoms with Crippen molar-refractivity contribution in [2.45, 2.75) is 38.6 Å². The van der Waals surface area contributed by atoms with Gasteiger partial charge in [0, 0.05) is 26.3 Å². The molecule has 0 saturated carbocycles. The van der Waals surface area contributed by atoms with Crippen molar-refractivity contribution < 1.29 is 19.4 Å². The Kier molecular flexibility index (Phi) is 4.29. The molecule has 2 rings (SSSR count). The molecule has 0 spiro atoms. The van der Waals surface area contributed by atoms with E-state index < -0.39 is 12.0 Å². The third kappa shape index (κ3) is 3.37. The van der Waals surface area contributed by atoms with E-state index in [0.29, 0.717) is 19.5 Å². The van der Waals surface area contributed by atoms with Crippen molar-refractivity contribution in [3.8, 4) is 0 Å². The van der Waals surface area contributed by atoms with Gasteiger partial charge in [-0.05, 0) is 31.1 Å².